The lowest BCUT2D eigenvalue weighted by Crippen LogP contribution is -1.88. The van der Waals surface area contributed by atoms with Gasteiger partial charge in [-0.25, -0.2) is 4.98 Å². The molecule has 0 amide bonds. The Labute approximate surface area is 71.7 Å². The van der Waals surface area contributed by atoms with E-state index < -0.39 is 0 Å². The number of rotatable bonds is 0. The minimum absolute atomic E-state index is 0.664. The van der Waals surface area contributed by atoms with Gasteiger partial charge in [-0.3, -0.25) is 0 Å². The SMILES string of the molecule is Nc1cnc2[nH]ccc2c1Br. The molecule has 0 aliphatic heterocycles. The summed E-state index contributed by atoms with van der Waals surface area (Å²) in [5.74, 6) is 0. The average Bonchev–Trinajstić information content (AvgIpc) is 2.45. The second-order valence-corrected chi connectivity index (χ2v) is 3.06. The van der Waals surface area contributed by atoms with Crippen LogP contribution in [0.4, 0.5) is 5.69 Å². The van der Waals surface area contributed by atoms with Crippen LogP contribution in [-0.4, -0.2) is 9.97 Å². The zero-order valence-corrected chi connectivity index (χ0v) is 7.22. The van der Waals surface area contributed by atoms with Crippen molar-refractivity contribution in [3.8, 4) is 0 Å². The Hall–Kier alpha value is -1.03. The third kappa shape index (κ3) is 0.903. The van der Waals surface area contributed by atoms with E-state index in [4.69, 9.17) is 5.73 Å². The predicted molar refractivity (Wildman–Crippen MR) is 48.2 cm³/mol. The molecule has 2 aromatic heterocycles. The van der Waals surface area contributed by atoms with Gasteiger partial charge in [0.05, 0.1) is 16.4 Å². The van der Waals surface area contributed by atoms with Crippen molar-refractivity contribution in [2.45, 2.75) is 0 Å². The maximum Gasteiger partial charge on any atom is 0.138 e. The highest BCUT2D eigenvalue weighted by Gasteiger charge is 2.02. The zero-order valence-electron chi connectivity index (χ0n) is 5.63. The summed E-state index contributed by atoms with van der Waals surface area (Å²) in [5.41, 5.74) is 7.14. The fraction of sp³-hybridized carbons (Fsp3) is 0. The maximum absolute atomic E-state index is 5.62. The van der Waals surface area contributed by atoms with Gasteiger partial charge in [0.1, 0.15) is 5.65 Å². The van der Waals surface area contributed by atoms with Crippen LogP contribution in [0.2, 0.25) is 0 Å². The molecule has 0 aromatic carbocycles. The zero-order chi connectivity index (χ0) is 7.84. The number of hydrogen-bond donors (Lipinski definition) is 2. The molecule has 4 heteroatoms. The molecule has 2 aromatic rings. The molecule has 0 bridgehead atoms. The van der Waals surface area contributed by atoms with Gasteiger partial charge in [0.25, 0.3) is 0 Å². The number of nitrogens with one attached hydrogen (secondary N) is 1. The van der Waals surface area contributed by atoms with Crippen molar-refractivity contribution in [2.24, 2.45) is 0 Å². The molecular weight excluding hydrogens is 206 g/mol. The van der Waals surface area contributed by atoms with Gasteiger partial charge in [-0.05, 0) is 22.0 Å². The number of pyridine rings is 1. The van der Waals surface area contributed by atoms with Crippen molar-refractivity contribution in [1.29, 1.82) is 0 Å². The molecule has 56 valence electrons. The summed E-state index contributed by atoms with van der Waals surface area (Å²) in [6.07, 6.45) is 3.46. The van der Waals surface area contributed by atoms with Crippen LogP contribution in [0.1, 0.15) is 0 Å². The molecular formula is C7H6BrN3. The van der Waals surface area contributed by atoms with Gasteiger partial charge >= 0.3 is 0 Å². The summed E-state index contributed by atoms with van der Waals surface area (Å²) < 4.78 is 0.906. The standard InChI is InChI=1S/C7H6BrN3/c8-6-4-1-2-10-7(4)11-3-5(6)9/h1-3H,9H2,(H,10,11). The van der Waals surface area contributed by atoms with E-state index in [1.807, 2.05) is 12.3 Å². The molecule has 0 fully saturated rings. The molecule has 0 saturated carbocycles. The van der Waals surface area contributed by atoms with Gasteiger partial charge in [-0.2, -0.15) is 0 Å². The van der Waals surface area contributed by atoms with Crippen molar-refractivity contribution in [1.82, 2.24) is 9.97 Å². The van der Waals surface area contributed by atoms with Crippen molar-refractivity contribution >= 4 is 32.7 Å². The molecule has 0 radical (unpaired) electrons. The second kappa shape index (κ2) is 2.23. The largest absolute Gasteiger partial charge is 0.397 e. The van der Waals surface area contributed by atoms with E-state index in [1.165, 1.54) is 0 Å². The van der Waals surface area contributed by atoms with E-state index in [2.05, 4.69) is 25.9 Å². The lowest BCUT2D eigenvalue weighted by molar-refractivity contribution is 1.32. The summed E-state index contributed by atoms with van der Waals surface area (Å²) in [6, 6.07) is 1.93. The fourth-order valence-electron chi connectivity index (χ4n) is 0.991. The molecule has 2 rings (SSSR count). The summed E-state index contributed by atoms with van der Waals surface area (Å²) in [7, 11) is 0. The molecule has 2 heterocycles. The van der Waals surface area contributed by atoms with Gasteiger partial charge in [0.15, 0.2) is 0 Å². The summed E-state index contributed by atoms with van der Waals surface area (Å²) in [6.45, 7) is 0. The van der Waals surface area contributed by atoms with Crippen molar-refractivity contribution in [3.63, 3.8) is 0 Å². The monoisotopic (exact) mass is 211 g/mol. The number of nitrogens with two attached hydrogens (primary N) is 1. The third-order valence-electron chi connectivity index (χ3n) is 1.55. The van der Waals surface area contributed by atoms with Crippen LogP contribution in [0.5, 0.6) is 0 Å². The topological polar surface area (TPSA) is 54.7 Å². The Bertz CT molecular complexity index is 393. The number of anilines is 1. The van der Waals surface area contributed by atoms with E-state index >= 15 is 0 Å². The first-order valence-electron chi connectivity index (χ1n) is 3.16. The van der Waals surface area contributed by atoms with Crippen LogP contribution in [0.15, 0.2) is 22.9 Å². The van der Waals surface area contributed by atoms with Crippen molar-refractivity contribution < 1.29 is 0 Å². The summed E-state index contributed by atoms with van der Waals surface area (Å²) >= 11 is 3.37. The van der Waals surface area contributed by atoms with Gasteiger partial charge < -0.3 is 10.7 Å². The Balaban J connectivity index is 2.93. The van der Waals surface area contributed by atoms with Gasteiger partial charge in [0, 0.05) is 11.6 Å². The highest BCUT2D eigenvalue weighted by molar-refractivity contribution is 9.10. The van der Waals surface area contributed by atoms with Crippen molar-refractivity contribution in [3.05, 3.63) is 22.9 Å². The third-order valence-corrected chi connectivity index (χ3v) is 2.43. The Morgan fingerprint density at radius 1 is 1.55 bits per heavy atom. The maximum atomic E-state index is 5.62. The minimum atomic E-state index is 0.664. The van der Waals surface area contributed by atoms with Crippen LogP contribution in [0.3, 0.4) is 0 Å². The van der Waals surface area contributed by atoms with E-state index in [1.54, 1.807) is 6.20 Å². The highest BCUT2D eigenvalue weighted by atomic mass is 79.9. The van der Waals surface area contributed by atoms with Crippen LogP contribution < -0.4 is 5.73 Å². The fourth-order valence-corrected chi connectivity index (χ4v) is 1.41. The molecule has 3 nitrogen and oxygen atoms in total. The number of H-pyrrole nitrogens is 1. The van der Waals surface area contributed by atoms with E-state index in [0.29, 0.717) is 5.69 Å². The van der Waals surface area contributed by atoms with E-state index in [0.717, 1.165) is 15.5 Å². The first-order valence-corrected chi connectivity index (χ1v) is 3.95. The van der Waals surface area contributed by atoms with Crippen LogP contribution in [-0.2, 0) is 0 Å². The van der Waals surface area contributed by atoms with Gasteiger partial charge in [0.2, 0.25) is 0 Å². The quantitative estimate of drug-likeness (QED) is 0.700. The molecule has 3 N–H and O–H groups in total. The number of nitrogens with zero attached hydrogens (tertiary/aromatic N) is 1. The average molecular weight is 212 g/mol. The smallest absolute Gasteiger partial charge is 0.138 e. The first-order chi connectivity index (χ1) is 5.29. The predicted octanol–water partition coefficient (Wildman–Crippen LogP) is 1.91. The molecule has 0 unspecified atom stereocenters. The Kier molecular flexibility index (Phi) is 1.35. The van der Waals surface area contributed by atoms with Crippen LogP contribution >= 0.6 is 15.9 Å². The number of halogens is 1. The Morgan fingerprint density at radius 2 is 2.36 bits per heavy atom. The number of nitrogen functional groups attached to an aromatic ring is 1. The highest BCUT2D eigenvalue weighted by Crippen LogP contribution is 2.26. The number of hydrogen-bond acceptors (Lipinski definition) is 2. The molecule has 11 heavy (non-hydrogen) atoms. The lowest BCUT2D eigenvalue weighted by atomic mass is 10.3. The molecule has 0 spiro atoms. The normalized spacial score (nSPS) is 10.6. The summed E-state index contributed by atoms with van der Waals surface area (Å²) in [5, 5.41) is 1.02. The minimum Gasteiger partial charge on any atom is -0.397 e. The lowest BCUT2D eigenvalue weighted by Gasteiger charge is -1.96. The van der Waals surface area contributed by atoms with E-state index in [9.17, 15) is 0 Å². The molecule has 0 atom stereocenters. The number of aromatic amines is 1. The number of aromatic nitrogens is 2. The second-order valence-electron chi connectivity index (χ2n) is 2.27. The number of fused-ring (bicyclic) bond motifs is 1. The first kappa shape index (κ1) is 6.67. The van der Waals surface area contributed by atoms with Crippen molar-refractivity contribution in [2.75, 3.05) is 5.73 Å². The summed E-state index contributed by atoms with van der Waals surface area (Å²) in [4.78, 5) is 7.08. The Morgan fingerprint density at radius 3 is 3.18 bits per heavy atom. The van der Waals surface area contributed by atoms with Crippen LogP contribution in [0.25, 0.3) is 11.0 Å². The van der Waals surface area contributed by atoms with E-state index in [-0.39, 0.29) is 0 Å². The molecule has 0 aliphatic carbocycles. The van der Waals surface area contributed by atoms with Gasteiger partial charge in [-0.15, -0.1) is 0 Å². The molecule has 0 aliphatic rings. The van der Waals surface area contributed by atoms with Gasteiger partial charge in [-0.1, -0.05) is 0 Å². The van der Waals surface area contributed by atoms with Crippen LogP contribution in [0, 0.1) is 0 Å². The molecule has 0 saturated heterocycles.